The Labute approximate surface area is 121 Å². The lowest BCUT2D eigenvalue weighted by atomic mass is 10.1. The summed E-state index contributed by atoms with van der Waals surface area (Å²) in [4.78, 5) is 34.8. The van der Waals surface area contributed by atoms with Gasteiger partial charge < -0.3 is 10.0 Å². The highest BCUT2D eigenvalue weighted by atomic mass is 16.6. The summed E-state index contributed by atoms with van der Waals surface area (Å²) < 4.78 is 0. The zero-order valence-electron chi connectivity index (χ0n) is 11.6. The van der Waals surface area contributed by atoms with Crippen molar-refractivity contribution in [1.29, 1.82) is 0 Å². The molecule has 0 radical (unpaired) electrons. The van der Waals surface area contributed by atoms with Gasteiger partial charge in [-0.25, -0.2) is 0 Å². The molecule has 7 nitrogen and oxygen atoms in total. The fourth-order valence-corrected chi connectivity index (χ4v) is 2.05. The summed E-state index contributed by atoms with van der Waals surface area (Å²) in [6, 6.07) is 6.02. The van der Waals surface area contributed by atoms with E-state index in [1.54, 1.807) is 17.0 Å². The van der Waals surface area contributed by atoms with Gasteiger partial charge in [0.1, 0.15) is 5.92 Å². The van der Waals surface area contributed by atoms with Gasteiger partial charge in [0.15, 0.2) is 0 Å². The van der Waals surface area contributed by atoms with E-state index in [1.165, 1.54) is 19.1 Å². The Morgan fingerprint density at radius 3 is 2.38 bits per heavy atom. The van der Waals surface area contributed by atoms with Gasteiger partial charge in [0, 0.05) is 24.7 Å². The number of nitro groups is 1. The third-order valence-corrected chi connectivity index (χ3v) is 3.51. The topological polar surface area (TPSA) is 101 Å². The molecule has 1 fully saturated rings. The molecule has 0 saturated heterocycles. The van der Waals surface area contributed by atoms with Gasteiger partial charge in [-0.2, -0.15) is 0 Å². The lowest BCUT2D eigenvalue weighted by Crippen LogP contribution is -2.39. The Morgan fingerprint density at radius 2 is 1.95 bits per heavy atom. The molecule has 0 aromatic heterocycles. The van der Waals surface area contributed by atoms with Crippen LogP contribution in [0.15, 0.2) is 24.3 Å². The van der Waals surface area contributed by atoms with Crippen LogP contribution in [0.4, 0.5) is 5.69 Å². The van der Waals surface area contributed by atoms with Gasteiger partial charge in [-0.15, -0.1) is 0 Å². The van der Waals surface area contributed by atoms with Crippen molar-refractivity contribution in [1.82, 2.24) is 4.90 Å². The molecule has 0 heterocycles. The van der Waals surface area contributed by atoms with Gasteiger partial charge in [-0.1, -0.05) is 12.1 Å². The number of carbonyl (C=O) groups is 2. The number of aliphatic carboxylic acids is 1. The molecule has 1 aliphatic rings. The SMILES string of the molecule is CC(C(=O)O)C(=O)N(Cc1ccc([N+](=O)[O-])cc1)C1CC1. The summed E-state index contributed by atoms with van der Waals surface area (Å²) in [5.74, 6) is -2.64. The number of carbonyl (C=O) groups excluding carboxylic acids is 1. The van der Waals surface area contributed by atoms with Gasteiger partial charge in [0.2, 0.25) is 5.91 Å². The summed E-state index contributed by atoms with van der Waals surface area (Å²) in [5.41, 5.74) is 0.736. The molecule has 1 aliphatic carbocycles. The van der Waals surface area contributed by atoms with Crippen LogP contribution in [0.1, 0.15) is 25.3 Å². The average Bonchev–Trinajstić information content (AvgIpc) is 3.28. The van der Waals surface area contributed by atoms with E-state index in [9.17, 15) is 19.7 Å². The van der Waals surface area contributed by atoms with Crippen LogP contribution in [0.2, 0.25) is 0 Å². The van der Waals surface area contributed by atoms with Crippen LogP contribution in [0.25, 0.3) is 0 Å². The minimum atomic E-state index is -1.14. The second-order valence-corrected chi connectivity index (χ2v) is 5.18. The van der Waals surface area contributed by atoms with Crippen molar-refractivity contribution in [3.05, 3.63) is 39.9 Å². The fraction of sp³-hybridized carbons (Fsp3) is 0.429. The van der Waals surface area contributed by atoms with Crippen LogP contribution in [0, 0.1) is 16.0 Å². The van der Waals surface area contributed by atoms with Crippen molar-refractivity contribution in [3.8, 4) is 0 Å². The predicted octanol–water partition coefficient (Wildman–Crippen LogP) is 1.81. The van der Waals surface area contributed by atoms with E-state index in [2.05, 4.69) is 0 Å². The van der Waals surface area contributed by atoms with Crippen LogP contribution in [0.3, 0.4) is 0 Å². The molecule has 1 atom stereocenters. The molecular weight excluding hydrogens is 276 g/mol. The normalized spacial score (nSPS) is 15.3. The molecule has 1 aromatic rings. The van der Waals surface area contributed by atoms with Crippen LogP contribution in [-0.2, 0) is 16.1 Å². The number of carboxylic acids is 1. The minimum Gasteiger partial charge on any atom is -0.481 e. The molecule has 1 saturated carbocycles. The van der Waals surface area contributed by atoms with Gasteiger partial charge in [-0.3, -0.25) is 19.7 Å². The van der Waals surface area contributed by atoms with Crippen LogP contribution >= 0.6 is 0 Å². The van der Waals surface area contributed by atoms with Crippen LogP contribution < -0.4 is 0 Å². The quantitative estimate of drug-likeness (QED) is 0.489. The number of amides is 1. The van der Waals surface area contributed by atoms with Crippen molar-refractivity contribution >= 4 is 17.6 Å². The average molecular weight is 292 g/mol. The van der Waals surface area contributed by atoms with Crippen molar-refractivity contribution in [2.45, 2.75) is 32.4 Å². The molecule has 21 heavy (non-hydrogen) atoms. The Morgan fingerprint density at radius 1 is 1.38 bits per heavy atom. The van der Waals surface area contributed by atoms with E-state index in [0.29, 0.717) is 0 Å². The number of benzene rings is 1. The van der Waals surface area contributed by atoms with Crippen LogP contribution in [0.5, 0.6) is 0 Å². The van der Waals surface area contributed by atoms with E-state index in [4.69, 9.17) is 5.11 Å². The standard InChI is InChI=1S/C14H16N2O5/c1-9(14(18)19)13(17)15(11-6-7-11)8-10-2-4-12(5-3-10)16(20)21/h2-5,9,11H,6-8H2,1H3,(H,18,19). The van der Waals surface area contributed by atoms with Crippen molar-refractivity contribution in [3.63, 3.8) is 0 Å². The molecule has 1 unspecified atom stereocenters. The Bertz CT molecular complexity index is 565. The first-order valence-electron chi connectivity index (χ1n) is 6.66. The van der Waals surface area contributed by atoms with Gasteiger partial charge in [0.25, 0.3) is 5.69 Å². The van der Waals surface area contributed by atoms with Crippen molar-refractivity contribution in [2.75, 3.05) is 0 Å². The largest absolute Gasteiger partial charge is 0.481 e. The molecule has 1 N–H and O–H groups in total. The Kier molecular flexibility index (Phi) is 4.21. The van der Waals surface area contributed by atoms with Gasteiger partial charge in [-0.05, 0) is 25.3 Å². The highest BCUT2D eigenvalue weighted by molar-refractivity contribution is 5.96. The second kappa shape index (κ2) is 5.90. The smallest absolute Gasteiger partial charge is 0.315 e. The summed E-state index contributed by atoms with van der Waals surface area (Å²) >= 11 is 0. The number of carboxylic acid groups (broad SMARTS) is 1. The van der Waals surface area contributed by atoms with Crippen molar-refractivity contribution < 1.29 is 19.6 Å². The molecular formula is C14H16N2O5. The zero-order chi connectivity index (χ0) is 15.6. The van der Waals surface area contributed by atoms with E-state index >= 15 is 0 Å². The highest BCUT2D eigenvalue weighted by Gasteiger charge is 2.36. The van der Waals surface area contributed by atoms with Crippen molar-refractivity contribution in [2.24, 2.45) is 5.92 Å². The fourth-order valence-electron chi connectivity index (χ4n) is 2.05. The van der Waals surface area contributed by atoms with E-state index in [0.717, 1.165) is 18.4 Å². The van der Waals surface area contributed by atoms with Gasteiger partial charge >= 0.3 is 5.97 Å². The third-order valence-electron chi connectivity index (χ3n) is 3.51. The Balaban J connectivity index is 2.11. The summed E-state index contributed by atoms with van der Waals surface area (Å²) in [6.07, 6.45) is 1.73. The Hall–Kier alpha value is -2.44. The lowest BCUT2D eigenvalue weighted by Gasteiger charge is -2.24. The maximum absolute atomic E-state index is 12.2. The third kappa shape index (κ3) is 3.56. The van der Waals surface area contributed by atoms with Crippen LogP contribution in [-0.4, -0.2) is 32.8 Å². The van der Waals surface area contributed by atoms with E-state index in [1.807, 2.05) is 0 Å². The molecule has 0 spiro atoms. The number of non-ortho nitro benzene ring substituents is 1. The molecule has 112 valence electrons. The summed E-state index contributed by atoms with van der Waals surface area (Å²) in [6.45, 7) is 1.65. The zero-order valence-corrected chi connectivity index (χ0v) is 11.6. The minimum absolute atomic E-state index is 0.0121. The number of rotatable bonds is 6. The maximum Gasteiger partial charge on any atom is 0.315 e. The highest BCUT2D eigenvalue weighted by Crippen LogP contribution is 2.30. The monoisotopic (exact) mass is 292 g/mol. The molecule has 0 bridgehead atoms. The van der Waals surface area contributed by atoms with E-state index in [-0.39, 0.29) is 18.3 Å². The van der Waals surface area contributed by atoms with Gasteiger partial charge in [0.05, 0.1) is 4.92 Å². The molecule has 1 amide bonds. The summed E-state index contributed by atoms with van der Waals surface area (Å²) in [7, 11) is 0. The maximum atomic E-state index is 12.2. The first-order valence-corrected chi connectivity index (χ1v) is 6.66. The summed E-state index contributed by atoms with van der Waals surface area (Å²) in [5, 5.41) is 19.5. The number of nitrogens with zero attached hydrogens (tertiary/aromatic N) is 2. The second-order valence-electron chi connectivity index (χ2n) is 5.18. The first-order chi connectivity index (χ1) is 9.90. The molecule has 2 rings (SSSR count). The lowest BCUT2D eigenvalue weighted by molar-refractivity contribution is -0.384. The first kappa shape index (κ1) is 15.0. The molecule has 0 aliphatic heterocycles. The molecule has 1 aromatic carbocycles. The predicted molar refractivity (Wildman–Crippen MR) is 73.5 cm³/mol. The molecule has 7 heteroatoms. The number of hydrogen-bond donors (Lipinski definition) is 1. The number of hydrogen-bond acceptors (Lipinski definition) is 4. The number of nitro benzene ring substituents is 1. The van der Waals surface area contributed by atoms with E-state index < -0.39 is 22.7 Å².